The number of aromatic nitrogens is 4. The minimum atomic E-state index is 0.411. The molecule has 2 aromatic heterocycles. The van der Waals surface area contributed by atoms with Crippen LogP contribution in [0.1, 0.15) is 24.7 Å². The van der Waals surface area contributed by atoms with E-state index in [4.69, 9.17) is 10.5 Å². The summed E-state index contributed by atoms with van der Waals surface area (Å²) in [5, 5.41) is 1.23. The lowest BCUT2D eigenvalue weighted by Gasteiger charge is -2.09. The van der Waals surface area contributed by atoms with Crippen LogP contribution >= 0.6 is 11.8 Å². The maximum absolute atomic E-state index is 6.02. The number of hydrogen-bond donors (Lipinski definition) is 1. The summed E-state index contributed by atoms with van der Waals surface area (Å²) in [5.74, 6) is 0.411. The quantitative estimate of drug-likeness (QED) is 0.668. The van der Waals surface area contributed by atoms with E-state index < -0.39 is 0 Å². The Hall–Kier alpha value is -1.89. The van der Waals surface area contributed by atoms with Crippen LogP contribution in [0, 0.1) is 13.8 Å². The van der Waals surface area contributed by atoms with Gasteiger partial charge in [-0.2, -0.15) is 4.98 Å². The van der Waals surface area contributed by atoms with Crippen LogP contribution in [-0.2, 0) is 0 Å². The number of nitrogens with two attached hydrogens (primary N) is 1. The van der Waals surface area contributed by atoms with Crippen molar-refractivity contribution in [2.75, 3.05) is 12.3 Å². The predicted molar refractivity (Wildman–Crippen MR) is 77.9 cm³/mol. The number of anilines is 1. The van der Waals surface area contributed by atoms with Crippen molar-refractivity contribution < 1.29 is 4.74 Å². The minimum Gasteiger partial charge on any atom is -0.476 e. The molecule has 0 aliphatic heterocycles. The van der Waals surface area contributed by atoms with E-state index in [0.29, 0.717) is 28.4 Å². The van der Waals surface area contributed by atoms with Gasteiger partial charge in [-0.3, -0.25) is 0 Å². The second-order valence-corrected chi connectivity index (χ2v) is 5.24. The van der Waals surface area contributed by atoms with Crippen LogP contribution in [0.5, 0.6) is 5.88 Å². The molecule has 2 aromatic rings. The zero-order chi connectivity index (χ0) is 14.5. The molecule has 0 bridgehead atoms. The Kier molecular flexibility index (Phi) is 4.73. The van der Waals surface area contributed by atoms with Gasteiger partial charge in [-0.15, -0.1) is 0 Å². The molecule has 6 nitrogen and oxygen atoms in total. The zero-order valence-corrected chi connectivity index (χ0v) is 12.6. The summed E-state index contributed by atoms with van der Waals surface area (Å²) in [5.41, 5.74) is 8.27. The third-order valence-electron chi connectivity index (χ3n) is 2.40. The lowest BCUT2D eigenvalue weighted by atomic mass is 10.4. The second kappa shape index (κ2) is 6.51. The Bertz CT molecular complexity index is 585. The first-order valence-electron chi connectivity index (χ1n) is 6.33. The van der Waals surface area contributed by atoms with E-state index in [1.54, 1.807) is 0 Å². The molecule has 106 valence electrons. The van der Waals surface area contributed by atoms with Gasteiger partial charge in [0.1, 0.15) is 17.0 Å². The number of aryl methyl sites for hydroxylation is 2. The summed E-state index contributed by atoms with van der Waals surface area (Å²) in [6.45, 7) is 6.46. The molecule has 2 N–H and O–H groups in total. The Morgan fingerprint density at radius 1 is 1.20 bits per heavy atom. The SMILES string of the molecule is CCCOc1ncnc(Sc2nc(C)cc(C)n2)c1N. The Morgan fingerprint density at radius 2 is 1.90 bits per heavy atom. The van der Waals surface area contributed by atoms with Gasteiger partial charge in [-0.1, -0.05) is 6.92 Å². The van der Waals surface area contributed by atoms with Crippen LogP contribution in [0.4, 0.5) is 5.69 Å². The van der Waals surface area contributed by atoms with E-state index in [1.807, 2.05) is 26.8 Å². The van der Waals surface area contributed by atoms with Crippen LogP contribution in [0.15, 0.2) is 22.6 Å². The third-order valence-corrected chi connectivity index (χ3v) is 3.29. The molecule has 0 fully saturated rings. The van der Waals surface area contributed by atoms with Crippen molar-refractivity contribution in [3.63, 3.8) is 0 Å². The molecule has 0 atom stereocenters. The van der Waals surface area contributed by atoms with Crippen molar-refractivity contribution in [1.82, 2.24) is 19.9 Å². The van der Waals surface area contributed by atoms with Crippen LogP contribution in [-0.4, -0.2) is 26.5 Å². The van der Waals surface area contributed by atoms with Crippen molar-refractivity contribution in [3.8, 4) is 5.88 Å². The summed E-state index contributed by atoms with van der Waals surface area (Å²) in [6.07, 6.45) is 2.33. The molecule has 0 saturated carbocycles. The van der Waals surface area contributed by atoms with E-state index in [1.165, 1.54) is 18.1 Å². The molecular weight excluding hydrogens is 274 g/mol. The van der Waals surface area contributed by atoms with Crippen LogP contribution in [0.3, 0.4) is 0 Å². The van der Waals surface area contributed by atoms with Gasteiger partial charge in [0.05, 0.1) is 6.61 Å². The first-order chi connectivity index (χ1) is 9.60. The summed E-state index contributed by atoms with van der Waals surface area (Å²) in [4.78, 5) is 16.9. The summed E-state index contributed by atoms with van der Waals surface area (Å²) >= 11 is 1.31. The number of ether oxygens (including phenoxy) is 1. The number of nitrogen functional groups attached to an aromatic ring is 1. The normalized spacial score (nSPS) is 10.6. The van der Waals surface area contributed by atoms with E-state index in [0.717, 1.165) is 17.8 Å². The lowest BCUT2D eigenvalue weighted by Crippen LogP contribution is -2.04. The van der Waals surface area contributed by atoms with Crippen molar-refractivity contribution >= 4 is 17.4 Å². The molecule has 0 spiro atoms. The van der Waals surface area contributed by atoms with Gasteiger partial charge in [0, 0.05) is 11.4 Å². The fraction of sp³-hybridized carbons (Fsp3) is 0.385. The number of rotatable bonds is 5. The van der Waals surface area contributed by atoms with Crippen molar-refractivity contribution in [3.05, 3.63) is 23.8 Å². The summed E-state index contributed by atoms with van der Waals surface area (Å²) in [7, 11) is 0. The Balaban J connectivity index is 2.24. The number of hydrogen-bond acceptors (Lipinski definition) is 7. The average Bonchev–Trinajstić information content (AvgIpc) is 2.38. The van der Waals surface area contributed by atoms with Gasteiger partial charge in [0.2, 0.25) is 5.88 Å². The highest BCUT2D eigenvalue weighted by Gasteiger charge is 2.12. The Morgan fingerprint density at radius 3 is 2.55 bits per heavy atom. The lowest BCUT2D eigenvalue weighted by molar-refractivity contribution is 0.305. The molecular formula is C13H17N5OS. The molecule has 0 radical (unpaired) electrons. The van der Waals surface area contributed by atoms with Crippen LogP contribution < -0.4 is 10.5 Å². The maximum atomic E-state index is 6.02. The Labute approximate surface area is 122 Å². The van der Waals surface area contributed by atoms with Crippen LogP contribution in [0.25, 0.3) is 0 Å². The highest BCUT2D eigenvalue weighted by molar-refractivity contribution is 7.99. The smallest absolute Gasteiger partial charge is 0.241 e. The molecule has 2 rings (SSSR count). The van der Waals surface area contributed by atoms with Gasteiger partial charge in [-0.25, -0.2) is 15.0 Å². The van der Waals surface area contributed by atoms with Gasteiger partial charge < -0.3 is 10.5 Å². The van der Waals surface area contributed by atoms with E-state index in [2.05, 4.69) is 19.9 Å². The highest BCUT2D eigenvalue weighted by Crippen LogP contribution is 2.32. The highest BCUT2D eigenvalue weighted by atomic mass is 32.2. The van der Waals surface area contributed by atoms with Crippen molar-refractivity contribution in [2.45, 2.75) is 37.4 Å². The summed E-state index contributed by atoms with van der Waals surface area (Å²) < 4.78 is 5.48. The molecule has 2 heterocycles. The molecule has 0 aromatic carbocycles. The van der Waals surface area contributed by atoms with Crippen molar-refractivity contribution in [2.24, 2.45) is 0 Å². The molecule has 0 aliphatic carbocycles. The standard InChI is InChI=1S/C13H17N5OS/c1-4-5-19-11-10(14)12(16-7-15-11)20-13-17-8(2)6-9(3)18-13/h6-7H,4-5,14H2,1-3H3. The zero-order valence-electron chi connectivity index (χ0n) is 11.8. The number of nitrogens with zero attached hydrogens (tertiary/aromatic N) is 4. The van der Waals surface area contributed by atoms with Gasteiger partial charge in [0.15, 0.2) is 5.16 Å². The molecule has 0 amide bonds. The van der Waals surface area contributed by atoms with E-state index >= 15 is 0 Å². The third kappa shape index (κ3) is 3.57. The predicted octanol–water partition coefficient (Wildman–Crippen LogP) is 2.41. The monoisotopic (exact) mass is 291 g/mol. The van der Waals surface area contributed by atoms with Gasteiger partial charge >= 0.3 is 0 Å². The largest absolute Gasteiger partial charge is 0.476 e. The molecule has 0 aliphatic rings. The molecule has 20 heavy (non-hydrogen) atoms. The van der Waals surface area contributed by atoms with Gasteiger partial charge in [-0.05, 0) is 38.1 Å². The first-order valence-corrected chi connectivity index (χ1v) is 7.15. The average molecular weight is 291 g/mol. The second-order valence-electron chi connectivity index (χ2n) is 4.28. The molecule has 7 heteroatoms. The van der Waals surface area contributed by atoms with E-state index in [-0.39, 0.29) is 0 Å². The fourth-order valence-electron chi connectivity index (χ4n) is 1.59. The van der Waals surface area contributed by atoms with Crippen LogP contribution in [0.2, 0.25) is 0 Å². The first kappa shape index (κ1) is 14.5. The minimum absolute atomic E-state index is 0.411. The molecule has 0 unspecified atom stereocenters. The van der Waals surface area contributed by atoms with Gasteiger partial charge in [0.25, 0.3) is 0 Å². The molecule has 0 saturated heterocycles. The van der Waals surface area contributed by atoms with Crippen molar-refractivity contribution in [1.29, 1.82) is 0 Å². The van der Waals surface area contributed by atoms with E-state index in [9.17, 15) is 0 Å². The summed E-state index contributed by atoms with van der Waals surface area (Å²) in [6, 6.07) is 1.92. The fourth-order valence-corrected chi connectivity index (χ4v) is 2.43. The maximum Gasteiger partial charge on any atom is 0.241 e. The topological polar surface area (TPSA) is 86.8 Å².